The average molecular weight is 365 g/mol. The van der Waals surface area contributed by atoms with Crippen molar-refractivity contribution < 1.29 is 9.90 Å². The molecule has 0 aliphatic rings. The first-order valence-corrected chi connectivity index (χ1v) is 9.31. The zero-order chi connectivity index (χ0) is 20.0. The van der Waals surface area contributed by atoms with E-state index in [1.54, 1.807) is 0 Å². The minimum Gasteiger partial charge on any atom is -0.465 e. The van der Waals surface area contributed by atoms with Crippen LogP contribution in [-0.2, 0) is 25.8 Å². The predicted octanol–water partition coefficient (Wildman–Crippen LogP) is 4.65. The summed E-state index contributed by atoms with van der Waals surface area (Å²) in [6.07, 6.45) is 0.673. The van der Waals surface area contributed by atoms with Crippen LogP contribution >= 0.6 is 0 Å². The summed E-state index contributed by atoms with van der Waals surface area (Å²) in [5, 5.41) is 21.0. The lowest BCUT2D eigenvalue weighted by Gasteiger charge is -2.21. The SMILES string of the molecule is CCc1nc(CC(C)C)c(CNC(=O)O)c(-c2ccc(C)cc2)c1CC#N. The lowest BCUT2D eigenvalue weighted by atomic mass is 9.88. The van der Waals surface area contributed by atoms with Gasteiger partial charge in [-0.2, -0.15) is 5.26 Å². The number of rotatable bonds is 7. The van der Waals surface area contributed by atoms with Gasteiger partial charge in [0.25, 0.3) is 0 Å². The Bertz CT molecular complexity index is 849. The third-order valence-electron chi connectivity index (χ3n) is 4.52. The summed E-state index contributed by atoms with van der Waals surface area (Å²) in [4.78, 5) is 16.0. The first kappa shape index (κ1) is 20.4. The maximum absolute atomic E-state index is 11.1. The van der Waals surface area contributed by atoms with Crippen LogP contribution in [-0.4, -0.2) is 16.2 Å². The van der Waals surface area contributed by atoms with Crippen molar-refractivity contribution in [3.05, 3.63) is 52.3 Å². The van der Waals surface area contributed by atoms with Crippen LogP contribution in [0.15, 0.2) is 24.3 Å². The molecule has 0 bridgehead atoms. The molecular weight excluding hydrogens is 338 g/mol. The van der Waals surface area contributed by atoms with Gasteiger partial charge in [0.1, 0.15) is 0 Å². The second-order valence-electron chi connectivity index (χ2n) is 7.15. The normalized spacial score (nSPS) is 10.7. The zero-order valence-electron chi connectivity index (χ0n) is 16.5. The number of pyridine rings is 1. The molecule has 27 heavy (non-hydrogen) atoms. The Morgan fingerprint density at radius 2 is 1.89 bits per heavy atom. The van der Waals surface area contributed by atoms with Crippen LogP contribution in [0.25, 0.3) is 11.1 Å². The summed E-state index contributed by atoms with van der Waals surface area (Å²) < 4.78 is 0. The highest BCUT2D eigenvalue weighted by atomic mass is 16.4. The van der Waals surface area contributed by atoms with Gasteiger partial charge in [0.05, 0.1) is 12.5 Å². The maximum Gasteiger partial charge on any atom is 0.404 e. The smallest absolute Gasteiger partial charge is 0.404 e. The minimum atomic E-state index is -1.07. The molecule has 1 amide bonds. The Hall–Kier alpha value is -2.87. The number of amides is 1. The largest absolute Gasteiger partial charge is 0.465 e. The molecule has 1 aromatic heterocycles. The number of aryl methyl sites for hydroxylation is 2. The van der Waals surface area contributed by atoms with Gasteiger partial charge in [-0.3, -0.25) is 4.98 Å². The van der Waals surface area contributed by atoms with Crippen LogP contribution in [0.5, 0.6) is 0 Å². The maximum atomic E-state index is 11.1. The van der Waals surface area contributed by atoms with Crippen LogP contribution < -0.4 is 5.32 Å². The molecule has 5 heteroatoms. The number of carbonyl (C=O) groups is 1. The quantitative estimate of drug-likeness (QED) is 0.748. The highest BCUT2D eigenvalue weighted by molar-refractivity contribution is 5.74. The molecule has 0 aliphatic heterocycles. The second-order valence-corrected chi connectivity index (χ2v) is 7.15. The molecule has 0 radical (unpaired) electrons. The molecule has 0 unspecified atom stereocenters. The summed E-state index contributed by atoms with van der Waals surface area (Å²) in [5.41, 5.74) is 6.70. The van der Waals surface area contributed by atoms with Crippen molar-refractivity contribution in [3.8, 4) is 17.2 Å². The fourth-order valence-corrected chi connectivity index (χ4v) is 3.31. The van der Waals surface area contributed by atoms with Gasteiger partial charge in [-0.1, -0.05) is 50.6 Å². The average Bonchev–Trinajstić information content (AvgIpc) is 2.61. The summed E-state index contributed by atoms with van der Waals surface area (Å²) in [5.74, 6) is 0.387. The summed E-state index contributed by atoms with van der Waals surface area (Å²) in [6.45, 7) is 8.49. The molecule has 2 aromatic rings. The number of carboxylic acid groups (broad SMARTS) is 1. The van der Waals surface area contributed by atoms with Crippen LogP contribution in [0.2, 0.25) is 0 Å². The van der Waals surface area contributed by atoms with Crippen molar-refractivity contribution in [1.82, 2.24) is 10.3 Å². The van der Waals surface area contributed by atoms with E-state index in [9.17, 15) is 10.1 Å². The Morgan fingerprint density at radius 3 is 2.41 bits per heavy atom. The van der Waals surface area contributed by atoms with Crippen LogP contribution in [0.3, 0.4) is 0 Å². The Morgan fingerprint density at radius 1 is 1.22 bits per heavy atom. The molecule has 142 valence electrons. The van der Waals surface area contributed by atoms with Gasteiger partial charge in [0, 0.05) is 23.5 Å². The molecule has 1 heterocycles. The van der Waals surface area contributed by atoms with E-state index < -0.39 is 6.09 Å². The fraction of sp³-hybridized carbons (Fsp3) is 0.409. The Kier molecular flexibility index (Phi) is 6.95. The first-order chi connectivity index (χ1) is 12.9. The van der Waals surface area contributed by atoms with E-state index in [-0.39, 0.29) is 13.0 Å². The predicted molar refractivity (Wildman–Crippen MR) is 107 cm³/mol. The summed E-state index contributed by atoms with van der Waals surface area (Å²) >= 11 is 0. The molecule has 2 rings (SSSR count). The van der Waals surface area contributed by atoms with E-state index in [2.05, 4.69) is 25.2 Å². The number of hydrogen-bond donors (Lipinski definition) is 2. The van der Waals surface area contributed by atoms with Crippen LogP contribution in [0, 0.1) is 24.2 Å². The molecule has 5 nitrogen and oxygen atoms in total. The topological polar surface area (TPSA) is 86.0 Å². The summed E-state index contributed by atoms with van der Waals surface area (Å²) in [6, 6.07) is 10.4. The third-order valence-corrected chi connectivity index (χ3v) is 4.52. The molecule has 1 aromatic carbocycles. The number of hydrogen-bond acceptors (Lipinski definition) is 3. The van der Waals surface area contributed by atoms with Crippen molar-refractivity contribution in [3.63, 3.8) is 0 Å². The fourth-order valence-electron chi connectivity index (χ4n) is 3.31. The molecule has 0 aliphatic carbocycles. The van der Waals surface area contributed by atoms with Gasteiger partial charge >= 0.3 is 6.09 Å². The van der Waals surface area contributed by atoms with Crippen molar-refractivity contribution in [2.24, 2.45) is 5.92 Å². The number of nitrogens with one attached hydrogen (secondary N) is 1. The van der Waals surface area contributed by atoms with Crippen LogP contribution in [0.1, 0.15) is 48.8 Å². The lowest BCUT2D eigenvalue weighted by molar-refractivity contribution is 0.194. The van der Waals surface area contributed by atoms with Crippen molar-refractivity contribution in [2.75, 3.05) is 0 Å². The van der Waals surface area contributed by atoms with Gasteiger partial charge in [-0.25, -0.2) is 4.79 Å². The monoisotopic (exact) mass is 365 g/mol. The highest BCUT2D eigenvalue weighted by Gasteiger charge is 2.21. The van der Waals surface area contributed by atoms with Gasteiger partial charge in [-0.05, 0) is 42.4 Å². The molecule has 2 N–H and O–H groups in total. The van der Waals surface area contributed by atoms with Gasteiger partial charge < -0.3 is 10.4 Å². The number of benzene rings is 1. The van der Waals surface area contributed by atoms with Crippen molar-refractivity contribution in [2.45, 2.75) is 53.5 Å². The molecule has 0 saturated heterocycles. The molecule has 0 atom stereocenters. The number of nitriles is 1. The Balaban J connectivity index is 2.80. The zero-order valence-corrected chi connectivity index (χ0v) is 16.5. The van der Waals surface area contributed by atoms with Crippen molar-refractivity contribution >= 4 is 6.09 Å². The molecule has 0 fully saturated rings. The number of nitrogens with zero attached hydrogens (tertiary/aromatic N) is 2. The highest BCUT2D eigenvalue weighted by Crippen LogP contribution is 2.33. The van der Waals surface area contributed by atoms with Gasteiger partial charge in [0.15, 0.2) is 0 Å². The van der Waals surface area contributed by atoms with Gasteiger partial charge in [-0.15, -0.1) is 0 Å². The lowest BCUT2D eigenvalue weighted by Crippen LogP contribution is -2.23. The van der Waals surface area contributed by atoms with E-state index in [4.69, 9.17) is 10.1 Å². The van der Waals surface area contributed by atoms with E-state index in [1.165, 1.54) is 0 Å². The Labute approximate surface area is 161 Å². The second kappa shape index (κ2) is 9.18. The minimum absolute atomic E-state index is 0.177. The third kappa shape index (κ3) is 5.07. The molecular formula is C22H27N3O2. The van der Waals surface area contributed by atoms with Crippen LogP contribution in [0.4, 0.5) is 4.79 Å². The first-order valence-electron chi connectivity index (χ1n) is 9.31. The van der Waals surface area contributed by atoms with E-state index in [0.717, 1.165) is 52.0 Å². The van der Waals surface area contributed by atoms with Gasteiger partial charge in [0.2, 0.25) is 0 Å². The van der Waals surface area contributed by atoms with Crippen molar-refractivity contribution in [1.29, 1.82) is 5.26 Å². The van der Waals surface area contributed by atoms with E-state index in [0.29, 0.717) is 5.92 Å². The van der Waals surface area contributed by atoms with E-state index >= 15 is 0 Å². The molecule has 0 spiro atoms. The molecule has 0 saturated carbocycles. The summed E-state index contributed by atoms with van der Waals surface area (Å²) in [7, 11) is 0. The standard InChI is InChI=1S/C22H27N3O2/c1-5-19-17(10-11-23)21(16-8-6-15(4)7-9-16)18(13-24-22(26)27)20(25-19)12-14(2)3/h6-9,14,24H,5,10,12-13H2,1-4H3,(H,26,27). The van der Waals surface area contributed by atoms with E-state index in [1.807, 2.05) is 38.1 Å². The number of aromatic nitrogens is 1.